The number of rotatable bonds is 7. The highest BCUT2D eigenvalue weighted by Gasteiger charge is 2.43. The summed E-state index contributed by atoms with van der Waals surface area (Å²) in [5, 5.41) is 0.425. The molecule has 5 nitrogen and oxygen atoms in total. The Hall–Kier alpha value is -3.93. The molecule has 1 aliphatic heterocycles. The summed E-state index contributed by atoms with van der Waals surface area (Å²) in [5.41, 5.74) is 2.50. The van der Waals surface area contributed by atoms with Crippen LogP contribution in [0, 0.1) is 12.7 Å². The monoisotopic (exact) mass is 471 g/mol. The van der Waals surface area contributed by atoms with E-state index in [2.05, 4.69) is 6.92 Å². The first-order chi connectivity index (χ1) is 17.0. The number of carbonyl (C=O) groups excluding carboxylic acids is 1. The molecule has 0 N–H and O–H groups in total. The summed E-state index contributed by atoms with van der Waals surface area (Å²) in [6.45, 7) is 4.63. The average molecular weight is 472 g/mol. The molecular formula is C29H26FNO4. The first kappa shape index (κ1) is 22.8. The van der Waals surface area contributed by atoms with Crippen molar-refractivity contribution < 1.29 is 18.3 Å². The number of fused-ring (bicyclic) bond motifs is 2. The van der Waals surface area contributed by atoms with E-state index in [1.165, 1.54) is 29.2 Å². The molecule has 0 saturated heterocycles. The predicted molar refractivity (Wildman–Crippen MR) is 134 cm³/mol. The molecule has 1 atom stereocenters. The zero-order chi connectivity index (χ0) is 24.5. The third-order valence-electron chi connectivity index (χ3n) is 6.32. The number of hydrogen-bond donors (Lipinski definition) is 0. The largest absolute Gasteiger partial charge is 0.494 e. The minimum Gasteiger partial charge on any atom is -0.494 e. The Kier molecular flexibility index (Phi) is 6.12. The Bertz CT molecular complexity index is 1460. The van der Waals surface area contributed by atoms with Gasteiger partial charge in [0, 0.05) is 5.69 Å². The van der Waals surface area contributed by atoms with Gasteiger partial charge in [0.1, 0.15) is 17.1 Å². The molecule has 0 spiro atoms. The zero-order valence-corrected chi connectivity index (χ0v) is 19.7. The Balaban J connectivity index is 1.67. The van der Waals surface area contributed by atoms with Gasteiger partial charge in [-0.05, 0) is 67.4 Å². The molecule has 1 amide bonds. The van der Waals surface area contributed by atoms with Crippen LogP contribution in [0.25, 0.3) is 11.0 Å². The van der Waals surface area contributed by atoms with Crippen molar-refractivity contribution in [3.63, 3.8) is 0 Å². The first-order valence-corrected chi connectivity index (χ1v) is 11.9. The second-order valence-corrected chi connectivity index (χ2v) is 8.86. The summed E-state index contributed by atoms with van der Waals surface area (Å²) in [6, 6.07) is 17.7. The Morgan fingerprint density at radius 1 is 1.00 bits per heavy atom. The van der Waals surface area contributed by atoms with Crippen molar-refractivity contribution in [2.75, 3.05) is 11.5 Å². The Morgan fingerprint density at radius 2 is 1.80 bits per heavy atom. The van der Waals surface area contributed by atoms with Crippen LogP contribution in [-0.4, -0.2) is 12.5 Å². The topological polar surface area (TPSA) is 59.8 Å². The van der Waals surface area contributed by atoms with Gasteiger partial charge in [-0.15, -0.1) is 0 Å². The van der Waals surface area contributed by atoms with E-state index in [1.54, 1.807) is 12.1 Å². The third kappa shape index (κ3) is 4.20. The number of amides is 1. The summed E-state index contributed by atoms with van der Waals surface area (Å²) in [4.78, 5) is 28.9. The fourth-order valence-corrected chi connectivity index (χ4v) is 4.59. The number of hydrogen-bond acceptors (Lipinski definition) is 4. The second-order valence-electron chi connectivity index (χ2n) is 8.86. The van der Waals surface area contributed by atoms with Gasteiger partial charge in [0.05, 0.1) is 23.6 Å². The van der Waals surface area contributed by atoms with Crippen molar-refractivity contribution in [1.29, 1.82) is 0 Å². The lowest BCUT2D eigenvalue weighted by Crippen LogP contribution is -2.29. The van der Waals surface area contributed by atoms with Crippen molar-refractivity contribution in [3.05, 3.63) is 105 Å². The standard InChI is InChI=1S/C29H26FNO4/c1-3-4-5-15-34-22-8-6-7-19(17-22)26-25-27(32)23-16-18(2)9-14-24(23)35-28(25)29(33)31(26)21-12-10-20(30)11-13-21/h6-14,16-17,26H,3-5,15H2,1-2H3. The lowest BCUT2D eigenvalue weighted by atomic mass is 9.97. The van der Waals surface area contributed by atoms with Crippen LogP contribution >= 0.6 is 0 Å². The van der Waals surface area contributed by atoms with Crippen LogP contribution in [0.15, 0.2) is 75.9 Å². The number of halogens is 1. The molecule has 1 unspecified atom stereocenters. The van der Waals surface area contributed by atoms with E-state index in [0.717, 1.165) is 24.8 Å². The van der Waals surface area contributed by atoms with Gasteiger partial charge in [-0.25, -0.2) is 4.39 Å². The predicted octanol–water partition coefficient (Wildman–Crippen LogP) is 6.56. The van der Waals surface area contributed by atoms with Crippen LogP contribution in [0.4, 0.5) is 10.1 Å². The third-order valence-corrected chi connectivity index (χ3v) is 6.32. The highest BCUT2D eigenvalue weighted by molar-refractivity contribution is 6.10. The number of unbranched alkanes of at least 4 members (excludes halogenated alkanes) is 2. The maximum absolute atomic E-state index is 13.7. The minimum atomic E-state index is -0.733. The molecule has 1 aliphatic rings. The summed E-state index contributed by atoms with van der Waals surface area (Å²) < 4.78 is 25.6. The normalized spacial score (nSPS) is 15.0. The van der Waals surface area contributed by atoms with Crippen molar-refractivity contribution in [1.82, 2.24) is 0 Å². The van der Waals surface area contributed by atoms with Gasteiger partial charge in [-0.2, -0.15) is 0 Å². The van der Waals surface area contributed by atoms with Gasteiger partial charge in [0.2, 0.25) is 5.76 Å². The summed E-state index contributed by atoms with van der Waals surface area (Å²) in [7, 11) is 0. The molecule has 0 saturated carbocycles. The molecule has 35 heavy (non-hydrogen) atoms. The Labute approximate surface area is 202 Å². The van der Waals surface area contributed by atoms with E-state index in [1.807, 2.05) is 37.3 Å². The van der Waals surface area contributed by atoms with Crippen LogP contribution in [0.3, 0.4) is 0 Å². The molecule has 1 aromatic heterocycles. The maximum atomic E-state index is 13.7. The second kappa shape index (κ2) is 9.37. The molecule has 6 heteroatoms. The van der Waals surface area contributed by atoms with Crippen molar-refractivity contribution in [2.45, 2.75) is 39.2 Å². The van der Waals surface area contributed by atoms with E-state index in [9.17, 15) is 14.0 Å². The maximum Gasteiger partial charge on any atom is 0.295 e. The van der Waals surface area contributed by atoms with Gasteiger partial charge < -0.3 is 9.15 Å². The smallest absolute Gasteiger partial charge is 0.295 e. The quantitative estimate of drug-likeness (QED) is 0.287. The first-order valence-electron chi connectivity index (χ1n) is 11.9. The molecule has 2 heterocycles. The number of aryl methyl sites for hydroxylation is 1. The van der Waals surface area contributed by atoms with Crippen molar-refractivity contribution >= 4 is 22.6 Å². The zero-order valence-electron chi connectivity index (χ0n) is 19.7. The van der Waals surface area contributed by atoms with Gasteiger partial charge >= 0.3 is 0 Å². The van der Waals surface area contributed by atoms with E-state index in [-0.39, 0.29) is 16.8 Å². The highest BCUT2D eigenvalue weighted by atomic mass is 19.1. The van der Waals surface area contributed by atoms with Crippen molar-refractivity contribution in [3.8, 4) is 5.75 Å². The van der Waals surface area contributed by atoms with E-state index in [0.29, 0.717) is 34.6 Å². The van der Waals surface area contributed by atoms with E-state index < -0.39 is 17.8 Å². The van der Waals surface area contributed by atoms with Gasteiger partial charge in [0.15, 0.2) is 5.43 Å². The Morgan fingerprint density at radius 3 is 2.57 bits per heavy atom. The van der Waals surface area contributed by atoms with Crippen LogP contribution < -0.4 is 15.1 Å². The fraction of sp³-hybridized carbons (Fsp3) is 0.241. The van der Waals surface area contributed by atoms with Gasteiger partial charge in [-0.3, -0.25) is 14.5 Å². The number of anilines is 1. The molecule has 3 aromatic carbocycles. The van der Waals surface area contributed by atoms with E-state index >= 15 is 0 Å². The number of benzene rings is 3. The van der Waals surface area contributed by atoms with Crippen LogP contribution in [0.5, 0.6) is 5.75 Å². The minimum absolute atomic E-state index is 0.00921. The fourth-order valence-electron chi connectivity index (χ4n) is 4.59. The van der Waals surface area contributed by atoms with Crippen LogP contribution in [0.1, 0.15) is 59.5 Å². The molecule has 0 aliphatic carbocycles. The molecular weight excluding hydrogens is 445 g/mol. The molecule has 5 rings (SSSR count). The summed E-state index contributed by atoms with van der Waals surface area (Å²) >= 11 is 0. The molecule has 4 aromatic rings. The van der Waals surface area contributed by atoms with Gasteiger partial charge in [0.25, 0.3) is 5.91 Å². The SMILES string of the molecule is CCCCCOc1cccc(C2c3c(oc4ccc(C)cc4c3=O)C(=O)N2c2ccc(F)cc2)c1. The summed E-state index contributed by atoms with van der Waals surface area (Å²) in [6.07, 6.45) is 3.12. The van der Waals surface area contributed by atoms with Gasteiger partial charge in [-0.1, -0.05) is 43.5 Å². The van der Waals surface area contributed by atoms with Crippen LogP contribution in [0.2, 0.25) is 0 Å². The van der Waals surface area contributed by atoms with Crippen molar-refractivity contribution in [2.24, 2.45) is 0 Å². The molecule has 0 radical (unpaired) electrons. The molecule has 178 valence electrons. The number of nitrogens with zero attached hydrogens (tertiary/aromatic N) is 1. The molecule has 0 bridgehead atoms. The highest BCUT2D eigenvalue weighted by Crippen LogP contribution is 2.42. The number of ether oxygens (including phenoxy) is 1. The summed E-state index contributed by atoms with van der Waals surface area (Å²) in [5.74, 6) is -0.174. The van der Waals surface area contributed by atoms with E-state index in [4.69, 9.17) is 9.15 Å². The van der Waals surface area contributed by atoms with Crippen LogP contribution in [-0.2, 0) is 0 Å². The average Bonchev–Trinajstić information content (AvgIpc) is 3.15. The lowest BCUT2D eigenvalue weighted by molar-refractivity contribution is 0.0971. The molecule has 0 fully saturated rings. The lowest BCUT2D eigenvalue weighted by Gasteiger charge is -2.25. The number of carbonyl (C=O) groups is 1.